The second-order valence-corrected chi connectivity index (χ2v) is 10.7. The van der Waals surface area contributed by atoms with Crippen molar-refractivity contribution in [2.45, 2.75) is 78.6 Å². The van der Waals surface area contributed by atoms with Gasteiger partial charge >= 0.3 is 13.3 Å². The van der Waals surface area contributed by atoms with Crippen molar-refractivity contribution < 1.29 is 22.7 Å². The lowest BCUT2D eigenvalue weighted by atomic mass is 10.1. The van der Waals surface area contributed by atoms with Crippen molar-refractivity contribution in [2.24, 2.45) is 0 Å². The summed E-state index contributed by atoms with van der Waals surface area (Å²) >= 11 is 0. The molecule has 10 heteroatoms. The van der Waals surface area contributed by atoms with E-state index in [9.17, 15) is 14.7 Å². The van der Waals surface area contributed by atoms with Crippen LogP contribution in [0.4, 0.5) is 0 Å². The maximum atomic E-state index is 13.1. The van der Waals surface area contributed by atoms with E-state index in [2.05, 4.69) is 5.10 Å². The van der Waals surface area contributed by atoms with Gasteiger partial charge in [-0.3, -0.25) is 13.6 Å². The largest absolute Gasteiger partial charge is 0.804 e. The monoisotopic (exact) mass is 425 g/mol. The highest BCUT2D eigenvalue weighted by molar-refractivity contribution is 7.48. The number of fused-ring (bicyclic) bond motifs is 2. The van der Waals surface area contributed by atoms with E-state index in [1.165, 1.54) is 0 Å². The number of aromatic nitrogens is 3. The molecule has 3 rings (SSSR count). The smallest absolute Gasteiger partial charge is 0.476 e. The number of aryl methyl sites for hydroxylation is 2. The first-order chi connectivity index (χ1) is 13.3. The lowest BCUT2D eigenvalue weighted by Gasteiger charge is -2.31. The molecule has 0 amide bonds. The summed E-state index contributed by atoms with van der Waals surface area (Å²) in [5, 5.41) is 16.6. The molecule has 1 aromatic carbocycles. The summed E-state index contributed by atoms with van der Waals surface area (Å²) in [6, 6.07) is 3.44. The number of phosphoric ester groups is 1. The molecule has 9 nitrogen and oxygen atoms in total. The Morgan fingerprint density at radius 3 is 2.21 bits per heavy atom. The summed E-state index contributed by atoms with van der Waals surface area (Å²) in [5.41, 5.74) is 0.892. The molecule has 0 radical (unpaired) electrons. The lowest BCUT2D eigenvalue weighted by molar-refractivity contribution is -0.538. The van der Waals surface area contributed by atoms with Gasteiger partial charge in [0.25, 0.3) is 0 Å². The first-order valence-electron chi connectivity index (χ1n) is 9.60. The van der Waals surface area contributed by atoms with Crippen molar-refractivity contribution in [3.8, 4) is 0 Å². The molecule has 0 saturated carbocycles. The summed E-state index contributed by atoms with van der Waals surface area (Å²) in [5.74, 6) is -0.222. The topological polar surface area (TPSA) is 109 Å². The summed E-state index contributed by atoms with van der Waals surface area (Å²) in [6.07, 6.45) is 2.74. The highest BCUT2D eigenvalue weighted by Gasteiger charge is 2.37. The van der Waals surface area contributed by atoms with Gasteiger partial charge in [0.1, 0.15) is 12.1 Å². The molecule has 0 aliphatic heterocycles. The number of rotatable bonds is 5. The fourth-order valence-electron chi connectivity index (χ4n) is 3.22. The van der Waals surface area contributed by atoms with Gasteiger partial charge < -0.3 is 9.94 Å². The molecule has 2 aromatic rings. The van der Waals surface area contributed by atoms with Crippen LogP contribution < -0.4 is 4.54 Å². The van der Waals surface area contributed by atoms with Crippen LogP contribution in [0.2, 0.25) is 0 Å². The number of phosphoric acid groups is 1. The molecule has 0 spiro atoms. The van der Waals surface area contributed by atoms with Crippen LogP contribution in [0.3, 0.4) is 0 Å². The molecule has 1 heterocycles. The average molecular weight is 425 g/mol. The molecule has 1 aliphatic rings. The van der Waals surface area contributed by atoms with E-state index in [0.717, 1.165) is 30.4 Å². The molecule has 0 atom stereocenters. The minimum absolute atomic E-state index is 0.199. The predicted octanol–water partition coefficient (Wildman–Crippen LogP) is 4.04. The lowest BCUT2D eigenvalue weighted by Crippen LogP contribution is -2.28. The molecule has 0 N–H and O–H groups in total. The SMILES string of the molecule is CC(C)(C)OP(=O)(OCc1n[n+](=O)c2cc3c(cc2n1[O-])CCC3)OC(C)(C)C. The van der Waals surface area contributed by atoms with Gasteiger partial charge in [-0.2, -0.15) is 0 Å². The van der Waals surface area contributed by atoms with Gasteiger partial charge in [0.2, 0.25) is 5.82 Å². The Morgan fingerprint density at radius 1 is 1.10 bits per heavy atom. The van der Waals surface area contributed by atoms with Crippen LogP contribution >= 0.6 is 7.82 Å². The van der Waals surface area contributed by atoms with Gasteiger partial charge in [-0.25, -0.2) is 4.57 Å². The zero-order valence-corrected chi connectivity index (χ0v) is 18.6. The minimum Gasteiger partial charge on any atom is -0.804 e. The van der Waals surface area contributed by atoms with Crippen LogP contribution in [-0.2, 0) is 37.6 Å². The van der Waals surface area contributed by atoms with E-state index in [1.807, 2.05) is 0 Å². The molecule has 0 bridgehead atoms. The zero-order chi connectivity index (χ0) is 21.6. The summed E-state index contributed by atoms with van der Waals surface area (Å²) in [7, 11) is -4.04. The highest BCUT2D eigenvalue weighted by atomic mass is 31.2. The highest BCUT2D eigenvalue weighted by Crippen LogP contribution is 2.55. The van der Waals surface area contributed by atoms with Gasteiger partial charge in [-0.1, -0.05) is 0 Å². The van der Waals surface area contributed by atoms with Gasteiger partial charge in [-0.15, -0.1) is 0 Å². The Bertz CT molecular complexity index is 1020. The normalized spacial score (nSPS) is 15.1. The molecular formula is C19H28N3O6P. The average Bonchev–Trinajstić information content (AvgIpc) is 2.99. The van der Waals surface area contributed by atoms with E-state index < -0.39 is 25.6 Å². The van der Waals surface area contributed by atoms with Crippen molar-refractivity contribution >= 4 is 18.9 Å². The first-order valence-corrected chi connectivity index (χ1v) is 11.1. The van der Waals surface area contributed by atoms with Crippen molar-refractivity contribution in [2.75, 3.05) is 0 Å². The first kappa shape index (κ1) is 21.9. The molecule has 1 aromatic heterocycles. The van der Waals surface area contributed by atoms with Crippen molar-refractivity contribution in [3.05, 3.63) is 39.2 Å². The standard InChI is InChI=1S/C19H28N3O6P/c1-18(2,3)27-29(25,28-19(4,5)6)26-12-17-20-22(24)16-11-14-9-7-8-13(14)10-15(16)21(17)23/h10-11H,7-9,12H2,1-6H3. The van der Waals surface area contributed by atoms with E-state index in [-0.39, 0.29) is 16.9 Å². The van der Waals surface area contributed by atoms with Crippen LogP contribution in [0, 0.1) is 10.1 Å². The van der Waals surface area contributed by atoms with E-state index >= 15 is 0 Å². The van der Waals surface area contributed by atoms with Crippen LogP contribution in [0.1, 0.15) is 64.9 Å². The Morgan fingerprint density at radius 2 is 1.66 bits per heavy atom. The number of hydrogen-bond donors (Lipinski definition) is 0. The quantitative estimate of drug-likeness (QED) is 0.525. The van der Waals surface area contributed by atoms with Gasteiger partial charge in [0.05, 0.1) is 21.2 Å². The van der Waals surface area contributed by atoms with Crippen LogP contribution in [-0.4, -0.2) is 21.0 Å². The Labute approximate surface area is 169 Å². The van der Waals surface area contributed by atoms with Crippen LogP contribution in [0.5, 0.6) is 0 Å². The maximum Gasteiger partial charge on any atom is 0.476 e. The van der Waals surface area contributed by atoms with E-state index in [0.29, 0.717) is 9.27 Å². The number of benzene rings is 1. The van der Waals surface area contributed by atoms with E-state index in [1.54, 1.807) is 53.7 Å². The Kier molecular flexibility index (Phi) is 5.64. The zero-order valence-electron chi connectivity index (χ0n) is 17.7. The fourth-order valence-corrected chi connectivity index (χ4v) is 4.98. The molecule has 0 fully saturated rings. The molecular weight excluding hydrogens is 397 g/mol. The number of hydrogen-bond acceptors (Lipinski definition) is 7. The maximum absolute atomic E-state index is 13.1. The third-order valence-corrected chi connectivity index (χ3v) is 6.17. The molecule has 0 unspecified atom stereocenters. The van der Waals surface area contributed by atoms with E-state index in [4.69, 9.17) is 13.6 Å². The van der Waals surface area contributed by atoms with Crippen molar-refractivity contribution in [3.63, 3.8) is 0 Å². The summed E-state index contributed by atoms with van der Waals surface area (Å²) in [6.45, 7) is 9.77. The molecule has 160 valence electrons. The van der Waals surface area contributed by atoms with Crippen LogP contribution in [0.25, 0.3) is 11.0 Å². The van der Waals surface area contributed by atoms with Crippen LogP contribution in [0.15, 0.2) is 12.1 Å². The minimum atomic E-state index is -4.04. The van der Waals surface area contributed by atoms with Crippen molar-refractivity contribution in [1.29, 1.82) is 0 Å². The van der Waals surface area contributed by atoms with Gasteiger partial charge in [-0.05, 0) is 78.0 Å². The third kappa shape index (κ3) is 5.22. The second kappa shape index (κ2) is 7.47. The predicted molar refractivity (Wildman–Crippen MR) is 108 cm³/mol. The molecule has 29 heavy (non-hydrogen) atoms. The van der Waals surface area contributed by atoms with Crippen molar-refractivity contribution in [1.82, 2.24) is 9.83 Å². The van der Waals surface area contributed by atoms with Gasteiger partial charge in [0, 0.05) is 6.07 Å². The second-order valence-electron chi connectivity index (χ2n) is 9.17. The Hall–Kier alpha value is -1.80. The number of nitrogens with zero attached hydrogens (tertiary/aromatic N) is 3. The third-order valence-electron chi connectivity index (χ3n) is 4.18. The molecule has 0 saturated heterocycles. The summed E-state index contributed by atoms with van der Waals surface area (Å²) < 4.78 is 30.6. The Balaban J connectivity index is 1.94. The molecule has 1 aliphatic carbocycles. The van der Waals surface area contributed by atoms with Gasteiger partial charge in [0.15, 0.2) is 4.54 Å². The fraction of sp³-hybridized carbons (Fsp3) is 0.632. The summed E-state index contributed by atoms with van der Waals surface area (Å²) in [4.78, 5) is 12.4.